The lowest BCUT2D eigenvalue weighted by Crippen LogP contribution is -1.96. The van der Waals surface area contributed by atoms with Crippen LogP contribution in [0.1, 0.15) is 34.8 Å². The minimum absolute atomic E-state index is 0.0446. The van der Waals surface area contributed by atoms with E-state index < -0.39 is 0 Å². The number of carbonyl (C=O) groups is 1. The van der Waals surface area contributed by atoms with Crippen molar-refractivity contribution in [1.82, 2.24) is 0 Å². The minimum Gasteiger partial charge on any atom is -0.493 e. The lowest BCUT2D eigenvalue weighted by molar-refractivity contribution is 0.104. The maximum atomic E-state index is 12.3. The molecule has 0 saturated carbocycles. The summed E-state index contributed by atoms with van der Waals surface area (Å²) in [6, 6.07) is 11.3. The van der Waals surface area contributed by atoms with Gasteiger partial charge in [0, 0.05) is 5.56 Å². The summed E-state index contributed by atoms with van der Waals surface area (Å²) in [5, 5.41) is 0. The standard InChI is InChI=1S/C21H24O4/c1-5-6-15-7-10-17(11-8-15)18(22)12-9-16-13-19(23-2)21(25-4)20(14-16)24-3/h7-14H,5-6H2,1-4H3/b12-9+. The fourth-order valence-electron chi connectivity index (χ4n) is 2.59. The zero-order chi connectivity index (χ0) is 18.2. The van der Waals surface area contributed by atoms with E-state index >= 15 is 0 Å². The zero-order valence-electron chi connectivity index (χ0n) is 15.2. The predicted molar refractivity (Wildman–Crippen MR) is 99.9 cm³/mol. The van der Waals surface area contributed by atoms with Crippen LogP contribution in [-0.2, 0) is 6.42 Å². The van der Waals surface area contributed by atoms with Crippen molar-refractivity contribution in [3.63, 3.8) is 0 Å². The molecule has 132 valence electrons. The third kappa shape index (κ3) is 4.63. The molecule has 0 N–H and O–H groups in total. The van der Waals surface area contributed by atoms with Crippen LogP contribution in [0.5, 0.6) is 17.2 Å². The van der Waals surface area contributed by atoms with Crippen LogP contribution in [0.3, 0.4) is 0 Å². The lowest BCUT2D eigenvalue weighted by Gasteiger charge is -2.12. The Hall–Kier alpha value is -2.75. The first kappa shape index (κ1) is 18.6. The quantitative estimate of drug-likeness (QED) is 0.522. The van der Waals surface area contributed by atoms with Gasteiger partial charge in [0.25, 0.3) is 0 Å². The van der Waals surface area contributed by atoms with Gasteiger partial charge in [-0.2, -0.15) is 0 Å². The van der Waals surface area contributed by atoms with Gasteiger partial charge in [-0.1, -0.05) is 43.7 Å². The smallest absolute Gasteiger partial charge is 0.203 e. The first-order valence-corrected chi connectivity index (χ1v) is 8.24. The largest absolute Gasteiger partial charge is 0.493 e. The topological polar surface area (TPSA) is 44.8 Å². The molecule has 0 amide bonds. The molecular formula is C21H24O4. The second-order valence-corrected chi connectivity index (χ2v) is 5.60. The first-order valence-electron chi connectivity index (χ1n) is 8.24. The summed E-state index contributed by atoms with van der Waals surface area (Å²) >= 11 is 0. The highest BCUT2D eigenvalue weighted by molar-refractivity contribution is 6.06. The Balaban J connectivity index is 2.21. The van der Waals surface area contributed by atoms with Gasteiger partial charge >= 0.3 is 0 Å². The summed E-state index contributed by atoms with van der Waals surface area (Å²) in [5.74, 6) is 1.59. The lowest BCUT2D eigenvalue weighted by atomic mass is 10.0. The Morgan fingerprint density at radius 3 is 2.04 bits per heavy atom. The number of ether oxygens (including phenoxy) is 3. The van der Waals surface area contributed by atoms with Crippen molar-refractivity contribution < 1.29 is 19.0 Å². The molecule has 0 bridgehead atoms. The fourth-order valence-corrected chi connectivity index (χ4v) is 2.59. The molecule has 2 aromatic carbocycles. The number of aryl methyl sites for hydroxylation is 1. The van der Waals surface area contributed by atoms with E-state index in [1.54, 1.807) is 45.6 Å². The molecule has 0 heterocycles. The molecule has 0 aliphatic heterocycles. The van der Waals surface area contributed by atoms with Crippen LogP contribution in [0.2, 0.25) is 0 Å². The Bertz CT molecular complexity index is 720. The summed E-state index contributed by atoms with van der Waals surface area (Å²) in [5.41, 5.74) is 2.71. The Labute approximate surface area is 149 Å². The maximum Gasteiger partial charge on any atom is 0.203 e. The van der Waals surface area contributed by atoms with E-state index in [2.05, 4.69) is 6.92 Å². The second kappa shape index (κ2) is 8.92. The second-order valence-electron chi connectivity index (χ2n) is 5.60. The van der Waals surface area contributed by atoms with E-state index in [1.807, 2.05) is 24.3 Å². The molecule has 2 aromatic rings. The molecular weight excluding hydrogens is 316 g/mol. The normalized spacial score (nSPS) is 10.7. The molecule has 0 aliphatic rings. The van der Waals surface area contributed by atoms with Crippen LogP contribution >= 0.6 is 0 Å². The number of allylic oxidation sites excluding steroid dienone is 1. The Morgan fingerprint density at radius 1 is 0.960 bits per heavy atom. The molecule has 0 fully saturated rings. The predicted octanol–water partition coefficient (Wildman–Crippen LogP) is 4.56. The summed E-state index contributed by atoms with van der Waals surface area (Å²) in [4.78, 5) is 12.3. The molecule has 25 heavy (non-hydrogen) atoms. The van der Waals surface area contributed by atoms with Gasteiger partial charge in [-0.15, -0.1) is 0 Å². The molecule has 4 nitrogen and oxygen atoms in total. The number of ketones is 1. The van der Waals surface area contributed by atoms with Crippen molar-refractivity contribution in [2.24, 2.45) is 0 Å². The summed E-state index contributed by atoms with van der Waals surface area (Å²) in [7, 11) is 4.68. The van der Waals surface area contributed by atoms with Gasteiger partial charge in [0.05, 0.1) is 21.3 Å². The Morgan fingerprint density at radius 2 is 1.56 bits per heavy atom. The van der Waals surface area contributed by atoms with Crippen molar-refractivity contribution in [2.75, 3.05) is 21.3 Å². The molecule has 0 atom stereocenters. The zero-order valence-corrected chi connectivity index (χ0v) is 15.2. The summed E-state index contributed by atoms with van der Waals surface area (Å²) in [6.07, 6.45) is 5.41. The van der Waals surface area contributed by atoms with Gasteiger partial charge in [-0.05, 0) is 35.8 Å². The number of methoxy groups -OCH3 is 3. The minimum atomic E-state index is -0.0446. The van der Waals surface area contributed by atoms with Gasteiger partial charge in [0.15, 0.2) is 17.3 Å². The van der Waals surface area contributed by atoms with Crippen molar-refractivity contribution in [2.45, 2.75) is 19.8 Å². The molecule has 0 radical (unpaired) electrons. The molecule has 0 aliphatic carbocycles. The Kier molecular flexibility index (Phi) is 6.63. The van der Waals surface area contributed by atoms with Crippen LogP contribution in [0.15, 0.2) is 42.5 Å². The van der Waals surface area contributed by atoms with E-state index in [1.165, 1.54) is 5.56 Å². The van der Waals surface area contributed by atoms with Crippen LogP contribution < -0.4 is 14.2 Å². The van der Waals surface area contributed by atoms with Crippen LogP contribution in [0.4, 0.5) is 0 Å². The number of hydrogen-bond acceptors (Lipinski definition) is 4. The van der Waals surface area contributed by atoms with Crippen molar-refractivity contribution >= 4 is 11.9 Å². The average Bonchev–Trinajstić information content (AvgIpc) is 2.65. The van der Waals surface area contributed by atoms with E-state index in [0.717, 1.165) is 18.4 Å². The van der Waals surface area contributed by atoms with Gasteiger partial charge in [-0.3, -0.25) is 4.79 Å². The third-order valence-corrected chi connectivity index (χ3v) is 3.89. The SMILES string of the molecule is CCCc1ccc(C(=O)/C=C/c2cc(OC)c(OC)c(OC)c2)cc1. The highest BCUT2D eigenvalue weighted by atomic mass is 16.5. The monoisotopic (exact) mass is 340 g/mol. The van der Waals surface area contributed by atoms with Crippen molar-refractivity contribution in [1.29, 1.82) is 0 Å². The molecule has 2 rings (SSSR count). The average molecular weight is 340 g/mol. The summed E-state index contributed by atoms with van der Waals surface area (Å²) in [6.45, 7) is 2.14. The number of benzene rings is 2. The maximum absolute atomic E-state index is 12.3. The molecule has 0 aromatic heterocycles. The highest BCUT2D eigenvalue weighted by Crippen LogP contribution is 2.38. The molecule has 0 spiro atoms. The fraction of sp³-hybridized carbons (Fsp3) is 0.286. The van der Waals surface area contributed by atoms with Gasteiger partial charge in [0.2, 0.25) is 5.75 Å². The highest BCUT2D eigenvalue weighted by Gasteiger charge is 2.12. The number of hydrogen-bond donors (Lipinski definition) is 0. The van der Waals surface area contributed by atoms with Crippen molar-refractivity contribution in [3.8, 4) is 17.2 Å². The number of carbonyl (C=O) groups excluding carboxylic acids is 1. The molecule has 0 saturated heterocycles. The molecule has 4 heteroatoms. The first-order chi connectivity index (χ1) is 12.1. The summed E-state index contributed by atoms with van der Waals surface area (Å²) < 4.78 is 15.9. The van der Waals surface area contributed by atoms with Crippen molar-refractivity contribution in [3.05, 3.63) is 59.2 Å². The van der Waals surface area contributed by atoms with Crippen LogP contribution in [0, 0.1) is 0 Å². The van der Waals surface area contributed by atoms with Gasteiger partial charge < -0.3 is 14.2 Å². The number of rotatable bonds is 8. The van der Waals surface area contributed by atoms with E-state index in [0.29, 0.717) is 22.8 Å². The van der Waals surface area contributed by atoms with Crippen LogP contribution in [0.25, 0.3) is 6.08 Å². The van der Waals surface area contributed by atoms with E-state index in [4.69, 9.17) is 14.2 Å². The van der Waals surface area contributed by atoms with Gasteiger partial charge in [-0.25, -0.2) is 0 Å². The molecule has 0 unspecified atom stereocenters. The van der Waals surface area contributed by atoms with E-state index in [-0.39, 0.29) is 5.78 Å². The van der Waals surface area contributed by atoms with Gasteiger partial charge in [0.1, 0.15) is 0 Å². The third-order valence-electron chi connectivity index (χ3n) is 3.89. The van der Waals surface area contributed by atoms with Crippen LogP contribution in [-0.4, -0.2) is 27.1 Å². The van der Waals surface area contributed by atoms with E-state index in [9.17, 15) is 4.79 Å².